The summed E-state index contributed by atoms with van der Waals surface area (Å²) >= 11 is 3.44. The number of ether oxygens (including phenoxy) is 1. The molecular formula is C14H9BrO3. The molecule has 0 unspecified atom stereocenters. The summed E-state index contributed by atoms with van der Waals surface area (Å²) < 4.78 is 11.4. The highest BCUT2D eigenvalue weighted by Crippen LogP contribution is 2.34. The van der Waals surface area contributed by atoms with Crippen molar-refractivity contribution in [1.82, 2.24) is 0 Å². The zero-order valence-corrected chi connectivity index (χ0v) is 11.2. The summed E-state index contributed by atoms with van der Waals surface area (Å²) in [7, 11) is 1.36. The molecule has 3 aromatic rings. The molecule has 18 heavy (non-hydrogen) atoms. The molecule has 1 heterocycles. The van der Waals surface area contributed by atoms with E-state index in [4.69, 9.17) is 9.15 Å². The van der Waals surface area contributed by atoms with Gasteiger partial charge >= 0.3 is 5.97 Å². The van der Waals surface area contributed by atoms with Crippen molar-refractivity contribution >= 4 is 43.8 Å². The molecule has 0 saturated heterocycles. The first kappa shape index (κ1) is 11.3. The van der Waals surface area contributed by atoms with Crippen molar-refractivity contribution in [3.05, 3.63) is 46.4 Å². The van der Waals surface area contributed by atoms with Crippen LogP contribution in [0.5, 0.6) is 0 Å². The number of rotatable bonds is 1. The molecule has 0 radical (unpaired) electrons. The van der Waals surface area contributed by atoms with E-state index in [1.54, 1.807) is 6.07 Å². The topological polar surface area (TPSA) is 39.4 Å². The van der Waals surface area contributed by atoms with E-state index >= 15 is 0 Å². The van der Waals surface area contributed by atoms with Gasteiger partial charge in [-0.15, -0.1) is 0 Å². The van der Waals surface area contributed by atoms with Gasteiger partial charge in [-0.25, -0.2) is 4.79 Å². The molecule has 1 aromatic heterocycles. The number of hydrogen-bond donors (Lipinski definition) is 0. The molecule has 0 amide bonds. The highest BCUT2D eigenvalue weighted by atomic mass is 79.9. The number of fused-ring (bicyclic) bond motifs is 3. The van der Waals surface area contributed by atoms with Crippen molar-refractivity contribution in [3.63, 3.8) is 0 Å². The Bertz CT molecular complexity index is 758. The minimum Gasteiger partial charge on any atom is -0.465 e. The molecule has 0 saturated carbocycles. The van der Waals surface area contributed by atoms with Gasteiger partial charge in [0, 0.05) is 10.8 Å². The molecule has 0 bridgehead atoms. The first-order valence-electron chi connectivity index (χ1n) is 5.40. The predicted octanol–water partition coefficient (Wildman–Crippen LogP) is 4.14. The third kappa shape index (κ3) is 1.53. The first-order chi connectivity index (χ1) is 8.72. The minimum absolute atomic E-state index is 0.393. The van der Waals surface area contributed by atoms with Crippen LogP contribution in [0.1, 0.15) is 10.4 Å². The third-order valence-corrected chi connectivity index (χ3v) is 3.51. The molecule has 4 heteroatoms. The number of para-hydroxylation sites is 2. The smallest absolute Gasteiger partial charge is 0.341 e. The normalized spacial score (nSPS) is 11.0. The second-order valence-electron chi connectivity index (χ2n) is 3.89. The predicted molar refractivity (Wildman–Crippen MR) is 72.8 cm³/mol. The highest BCUT2D eigenvalue weighted by molar-refractivity contribution is 9.10. The maximum absolute atomic E-state index is 11.7. The molecule has 0 spiro atoms. The van der Waals surface area contributed by atoms with Crippen LogP contribution in [0.3, 0.4) is 0 Å². The number of carbonyl (C=O) groups is 1. The van der Waals surface area contributed by atoms with Crippen LogP contribution in [0, 0.1) is 0 Å². The standard InChI is InChI=1S/C14H9BrO3/c1-17-14(16)10-6-2-4-8-9-5-3-7-11(15)13(9)18-12(8)10/h2-7H,1H3. The molecule has 0 N–H and O–H groups in total. The number of halogens is 1. The lowest BCUT2D eigenvalue weighted by atomic mass is 10.1. The lowest BCUT2D eigenvalue weighted by Gasteiger charge is -1.98. The fraction of sp³-hybridized carbons (Fsp3) is 0.0714. The lowest BCUT2D eigenvalue weighted by Crippen LogP contribution is -2.00. The van der Waals surface area contributed by atoms with E-state index in [1.807, 2.05) is 30.3 Å². The maximum Gasteiger partial charge on any atom is 0.341 e. The van der Waals surface area contributed by atoms with Crippen molar-refractivity contribution in [1.29, 1.82) is 0 Å². The van der Waals surface area contributed by atoms with Crippen molar-refractivity contribution in [3.8, 4) is 0 Å². The average molecular weight is 305 g/mol. The van der Waals surface area contributed by atoms with Gasteiger partial charge < -0.3 is 9.15 Å². The largest absolute Gasteiger partial charge is 0.465 e. The molecule has 0 fully saturated rings. The average Bonchev–Trinajstić information content (AvgIpc) is 2.78. The zero-order valence-electron chi connectivity index (χ0n) is 9.57. The summed E-state index contributed by atoms with van der Waals surface area (Å²) in [5, 5.41) is 1.89. The van der Waals surface area contributed by atoms with Crippen LogP contribution in [0.25, 0.3) is 21.9 Å². The van der Waals surface area contributed by atoms with E-state index in [0.29, 0.717) is 11.1 Å². The summed E-state index contributed by atoms with van der Waals surface area (Å²) in [6, 6.07) is 11.3. The molecule has 90 valence electrons. The number of esters is 1. The Morgan fingerprint density at radius 1 is 1.11 bits per heavy atom. The van der Waals surface area contributed by atoms with Gasteiger partial charge in [0.2, 0.25) is 0 Å². The maximum atomic E-state index is 11.7. The number of furan rings is 1. The van der Waals surface area contributed by atoms with Crippen molar-refractivity contribution in [2.75, 3.05) is 7.11 Å². The zero-order chi connectivity index (χ0) is 12.7. The number of hydrogen-bond acceptors (Lipinski definition) is 3. The Labute approximate surface area is 111 Å². The van der Waals surface area contributed by atoms with Crippen LogP contribution >= 0.6 is 15.9 Å². The summed E-state index contributed by atoms with van der Waals surface area (Å²) in [6.07, 6.45) is 0. The Morgan fingerprint density at radius 3 is 2.50 bits per heavy atom. The van der Waals surface area contributed by atoms with Gasteiger partial charge in [-0.1, -0.05) is 24.3 Å². The number of benzene rings is 2. The van der Waals surface area contributed by atoms with Crippen LogP contribution < -0.4 is 0 Å². The second kappa shape index (κ2) is 4.14. The van der Waals surface area contributed by atoms with Crippen LogP contribution in [0.2, 0.25) is 0 Å². The van der Waals surface area contributed by atoms with Gasteiger partial charge in [0.05, 0.1) is 11.6 Å². The fourth-order valence-electron chi connectivity index (χ4n) is 2.06. The van der Waals surface area contributed by atoms with Gasteiger partial charge in [-0.3, -0.25) is 0 Å². The first-order valence-corrected chi connectivity index (χ1v) is 6.19. The van der Waals surface area contributed by atoms with Gasteiger partial charge in [0.1, 0.15) is 16.7 Å². The Hall–Kier alpha value is -1.81. The van der Waals surface area contributed by atoms with Gasteiger partial charge in [0.15, 0.2) is 0 Å². The molecule has 0 aliphatic rings. The summed E-state index contributed by atoms with van der Waals surface area (Å²) in [5.74, 6) is -0.393. The van der Waals surface area contributed by atoms with Crippen LogP contribution in [0.4, 0.5) is 0 Å². The van der Waals surface area contributed by atoms with E-state index in [0.717, 1.165) is 20.8 Å². The summed E-state index contributed by atoms with van der Waals surface area (Å²) in [4.78, 5) is 11.7. The summed E-state index contributed by atoms with van der Waals surface area (Å²) in [5.41, 5.74) is 1.74. The summed E-state index contributed by atoms with van der Waals surface area (Å²) in [6.45, 7) is 0. The van der Waals surface area contributed by atoms with Crippen LogP contribution in [-0.2, 0) is 4.74 Å². The quantitative estimate of drug-likeness (QED) is 0.634. The van der Waals surface area contributed by atoms with Crippen molar-refractivity contribution in [2.24, 2.45) is 0 Å². The minimum atomic E-state index is -0.393. The molecule has 0 atom stereocenters. The molecule has 0 aliphatic heterocycles. The van der Waals surface area contributed by atoms with E-state index in [-0.39, 0.29) is 0 Å². The highest BCUT2D eigenvalue weighted by Gasteiger charge is 2.16. The monoisotopic (exact) mass is 304 g/mol. The van der Waals surface area contributed by atoms with Gasteiger partial charge in [0.25, 0.3) is 0 Å². The third-order valence-electron chi connectivity index (χ3n) is 2.88. The second-order valence-corrected chi connectivity index (χ2v) is 4.75. The molecule has 3 rings (SSSR count). The molecular weight excluding hydrogens is 296 g/mol. The van der Waals surface area contributed by atoms with E-state index in [2.05, 4.69) is 15.9 Å². The van der Waals surface area contributed by atoms with Crippen molar-refractivity contribution < 1.29 is 13.9 Å². The van der Waals surface area contributed by atoms with E-state index in [9.17, 15) is 4.79 Å². The Balaban J connectivity index is 2.46. The van der Waals surface area contributed by atoms with E-state index in [1.165, 1.54) is 7.11 Å². The Kier molecular flexibility index (Phi) is 2.59. The van der Waals surface area contributed by atoms with Crippen molar-refractivity contribution in [2.45, 2.75) is 0 Å². The fourth-order valence-corrected chi connectivity index (χ4v) is 2.50. The number of methoxy groups -OCH3 is 1. The Morgan fingerprint density at radius 2 is 1.78 bits per heavy atom. The van der Waals surface area contributed by atoms with Crippen LogP contribution in [-0.4, -0.2) is 13.1 Å². The molecule has 0 aliphatic carbocycles. The van der Waals surface area contributed by atoms with Gasteiger partial charge in [-0.2, -0.15) is 0 Å². The molecule has 3 nitrogen and oxygen atoms in total. The van der Waals surface area contributed by atoms with E-state index < -0.39 is 5.97 Å². The van der Waals surface area contributed by atoms with Gasteiger partial charge in [-0.05, 0) is 28.1 Å². The molecule has 2 aromatic carbocycles. The van der Waals surface area contributed by atoms with Crippen LogP contribution in [0.15, 0.2) is 45.3 Å². The number of carbonyl (C=O) groups excluding carboxylic acids is 1. The SMILES string of the molecule is COC(=O)c1cccc2c1oc1c(Br)cccc12. The lowest BCUT2D eigenvalue weighted by molar-refractivity contribution is 0.0602.